The Morgan fingerprint density at radius 1 is 1.32 bits per heavy atom. The topological polar surface area (TPSA) is 67.9 Å². The summed E-state index contributed by atoms with van der Waals surface area (Å²) in [7, 11) is 0. The predicted molar refractivity (Wildman–Crippen MR) is 96.3 cm³/mol. The Morgan fingerprint density at radius 3 is 2.76 bits per heavy atom. The minimum absolute atomic E-state index is 0.0698. The molecule has 0 saturated carbocycles. The van der Waals surface area contributed by atoms with Crippen LogP contribution in [0, 0.1) is 5.92 Å². The van der Waals surface area contributed by atoms with E-state index in [2.05, 4.69) is 5.32 Å². The van der Waals surface area contributed by atoms with Crippen LogP contribution in [0.3, 0.4) is 0 Å². The summed E-state index contributed by atoms with van der Waals surface area (Å²) in [5, 5.41) is 2.94. The fourth-order valence-electron chi connectivity index (χ4n) is 2.67. The van der Waals surface area contributed by atoms with Crippen molar-refractivity contribution in [1.29, 1.82) is 0 Å². The average Bonchev–Trinajstić information content (AvgIpc) is 3.02. The maximum absolute atomic E-state index is 12.5. The van der Waals surface area contributed by atoms with Gasteiger partial charge in [0.05, 0.1) is 12.5 Å². The second-order valence-electron chi connectivity index (χ2n) is 7.24. The van der Waals surface area contributed by atoms with Gasteiger partial charge in [-0.25, -0.2) is 4.79 Å². The summed E-state index contributed by atoms with van der Waals surface area (Å²) in [6.07, 6.45) is 0.283. The number of nitrogens with one attached hydrogen (secondary N) is 1. The van der Waals surface area contributed by atoms with Crippen molar-refractivity contribution >= 4 is 17.7 Å². The van der Waals surface area contributed by atoms with Gasteiger partial charge in [-0.1, -0.05) is 12.1 Å². The lowest BCUT2D eigenvalue weighted by atomic mass is 10.1. The van der Waals surface area contributed by atoms with Crippen LogP contribution < -0.4 is 5.32 Å². The molecule has 2 amide bonds. The maximum atomic E-state index is 12.5. The summed E-state index contributed by atoms with van der Waals surface area (Å²) in [4.78, 5) is 26.2. The Kier molecular flexibility index (Phi) is 6.42. The van der Waals surface area contributed by atoms with Crippen LogP contribution in [-0.4, -0.2) is 42.2 Å². The molecule has 0 bridgehead atoms. The fraction of sp³-hybridized carbons (Fsp3) is 0.579. The normalized spacial score (nSPS) is 17.4. The smallest absolute Gasteiger partial charge is 0.410 e. The van der Waals surface area contributed by atoms with Gasteiger partial charge in [0, 0.05) is 25.4 Å². The lowest BCUT2D eigenvalue weighted by Crippen LogP contribution is -2.36. The van der Waals surface area contributed by atoms with Gasteiger partial charge in [-0.05, 0) is 51.8 Å². The van der Waals surface area contributed by atoms with Crippen LogP contribution in [0.15, 0.2) is 24.3 Å². The molecule has 1 N–H and O–H groups in total. The molecule has 0 radical (unpaired) electrons. The zero-order chi connectivity index (χ0) is 18.4. The lowest BCUT2D eigenvalue weighted by Gasteiger charge is -2.24. The highest BCUT2D eigenvalue weighted by molar-refractivity contribution is 5.93. The maximum Gasteiger partial charge on any atom is 0.410 e. The summed E-state index contributed by atoms with van der Waals surface area (Å²) < 4.78 is 10.8. The number of carbonyl (C=O) groups excluding carboxylic acids is 2. The molecular formula is C19H28N2O4. The van der Waals surface area contributed by atoms with Crippen molar-refractivity contribution in [2.45, 2.75) is 46.3 Å². The minimum Gasteiger partial charge on any atom is -0.444 e. The first-order valence-electron chi connectivity index (χ1n) is 8.74. The van der Waals surface area contributed by atoms with Crippen molar-refractivity contribution in [3.05, 3.63) is 29.8 Å². The third-order valence-corrected chi connectivity index (χ3v) is 3.88. The Labute approximate surface area is 149 Å². The van der Waals surface area contributed by atoms with Gasteiger partial charge in [0.25, 0.3) is 0 Å². The van der Waals surface area contributed by atoms with E-state index in [4.69, 9.17) is 9.47 Å². The molecule has 138 valence electrons. The van der Waals surface area contributed by atoms with E-state index in [1.54, 1.807) is 4.90 Å². The van der Waals surface area contributed by atoms with E-state index >= 15 is 0 Å². The molecule has 25 heavy (non-hydrogen) atoms. The largest absolute Gasteiger partial charge is 0.444 e. The molecule has 1 fully saturated rings. The average molecular weight is 348 g/mol. The second-order valence-corrected chi connectivity index (χ2v) is 7.24. The third-order valence-electron chi connectivity index (χ3n) is 3.88. The van der Waals surface area contributed by atoms with Crippen molar-refractivity contribution in [2.75, 3.05) is 25.0 Å². The molecule has 1 heterocycles. The molecule has 0 aromatic heterocycles. The monoisotopic (exact) mass is 348 g/mol. The molecule has 0 aliphatic carbocycles. The number of benzene rings is 1. The molecule has 1 aliphatic rings. The number of anilines is 1. The molecule has 1 aromatic carbocycles. The van der Waals surface area contributed by atoms with Gasteiger partial charge in [0.2, 0.25) is 5.91 Å². The molecule has 1 aliphatic heterocycles. The number of hydrogen-bond donors (Lipinski definition) is 1. The molecule has 1 unspecified atom stereocenters. The molecule has 2 rings (SSSR count). The molecule has 1 saturated heterocycles. The van der Waals surface area contributed by atoms with E-state index in [9.17, 15) is 9.59 Å². The third kappa shape index (κ3) is 6.05. The van der Waals surface area contributed by atoms with E-state index in [1.165, 1.54) is 0 Å². The number of amides is 2. The standard InChI is InChI=1S/C19H28N2O4/c1-5-24-13-14-7-6-8-16(11-14)20-17(22)15-9-10-21(12-15)18(23)25-19(2,3)4/h6-8,11,15H,5,9-10,12-13H2,1-4H3,(H,20,22). The molecule has 1 atom stereocenters. The summed E-state index contributed by atoms with van der Waals surface area (Å²) in [6, 6.07) is 7.62. The van der Waals surface area contributed by atoms with E-state index in [-0.39, 0.29) is 17.9 Å². The first-order chi connectivity index (χ1) is 11.8. The summed E-state index contributed by atoms with van der Waals surface area (Å²) in [5.41, 5.74) is 1.23. The van der Waals surface area contributed by atoms with Gasteiger partial charge in [-0.3, -0.25) is 4.79 Å². The highest BCUT2D eigenvalue weighted by atomic mass is 16.6. The minimum atomic E-state index is -0.529. The van der Waals surface area contributed by atoms with Gasteiger partial charge < -0.3 is 19.7 Å². The first-order valence-corrected chi connectivity index (χ1v) is 8.74. The summed E-state index contributed by atoms with van der Waals surface area (Å²) in [6.45, 7) is 9.55. The number of carbonyl (C=O) groups is 2. The van der Waals surface area contributed by atoms with Gasteiger partial charge in [0.1, 0.15) is 5.60 Å². The zero-order valence-electron chi connectivity index (χ0n) is 15.5. The molecule has 6 heteroatoms. The highest BCUT2D eigenvalue weighted by Crippen LogP contribution is 2.21. The van der Waals surface area contributed by atoms with Crippen molar-refractivity contribution < 1.29 is 19.1 Å². The first kappa shape index (κ1) is 19.2. The van der Waals surface area contributed by atoms with Crippen LogP contribution in [0.4, 0.5) is 10.5 Å². The molecule has 0 spiro atoms. The van der Waals surface area contributed by atoms with Crippen molar-refractivity contribution in [3.63, 3.8) is 0 Å². The lowest BCUT2D eigenvalue weighted by molar-refractivity contribution is -0.119. The van der Waals surface area contributed by atoms with E-state index in [0.717, 1.165) is 11.3 Å². The number of nitrogens with zero attached hydrogens (tertiary/aromatic N) is 1. The zero-order valence-corrected chi connectivity index (χ0v) is 15.5. The van der Waals surface area contributed by atoms with Gasteiger partial charge in [0.15, 0.2) is 0 Å². The van der Waals surface area contributed by atoms with Crippen molar-refractivity contribution in [2.24, 2.45) is 5.92 Å². The summed E-state index contributed by atoms with van der Waals surface area (Å²) in [5.74, 6) is -0.289. The number of rotatable bonds is 5. The number of likely N-dealkylation sites (tertiary alicyclic amines) is 1. The molecule has 6 nitrogen and oxygen atoms in total. The highest BCUT2D eigenvalue weighted by Gasteiger charge is 2.33. The van der Waals surface area contributed by atoms with E-state index in [1.807, 2.05) is 52.0 Å². The Hall–Kier alpha value is -2.08. The van der Waals surface area contributed by atoms with Crippen LogP contribution >= 0.6 is 0 Å². The quantitative estimate of drug-likeness (QED) is 0.885. The Morgan fingerprint density at radius 2 is 2.08 bits per heavy atom. The van der Waals surface area contributed by atoms with Gasteiger partial charge in [-0.2, -0.15) is 0 Å². The molecule has 1 aromatic rings. The van der Waals surface area contributed by atoms with Crippen LogP contribution in [0.2, 0.25) is 0 Å². The van der Waals surface area contributed by atoms with Crippen LogP contribution in [0.5, 0.6) is 0 Å². The van der Waals surface area contributed by atoms with Crippen LogP contribution in [0.25, 0.3) is 0 Å². The number of hydrogen-bond acceptors (Lipinski definition) is 4. The predicted octanol–water partition coefficient (Wildman–Crippen LogP) is 3.42. The van der Waals surface area contributed by atoms with E-state index < -0.39 is 5.60 Å². The van der Waals surface area contributed by atoms with Gasteiger partial charge >= 0.3 is 6.09 Å². The fourth-order valence-corrected chi connectivity index (χ4v) is 2.67. The molecular weight excluding hydrogens is 320 g/mol. The van der Waals surface area contributed by atoms with Gasteiger partial charge in [-0.15, -0.1) is 0 Å². The summed E-state index contributed by atoms with van der Waals surface area (Å²) >= 11 is 0. The van der Waals surface area contributed by atoms with Crippen molar-refractivity contribution in [1.82, 2.24) is 4.90 Å². The van der Waals surface area contributed by atoms with Crippen molar-refractivity contribution in [3.8, 4) is 0 Å². The number of ether oxygens (including phenoxy) is 2. The Balaban J connectivity index is 1.89. The SMILES string of the molecule is CCOCc1cccc(NC(=O)C2CCN(C(=O)OC(C)(C)C)C2)c1. The second kappa shape index (κ2) is 8.34. The van der Waals surface area contributed by atoms with E-state index in [0.29, 0.717) is 32.7 Å². The van der Waals surface area contributed by atoms with Crippen LogP contribution in [-0.2, 0) is 20.9 Å². The van der Waals surface area contributed by atoms with Crippen LogP contribution in [0.1, 0.15) is 39.7 Å². The Bertz CT molecular complexity index is 610.